The second-order valence-electron chi connectivity index (χ2n) is 8.14. The van der Waals surface area contributed by atoms with Gasteiger partial charge in [-0.2, -0.15) is 0 Å². The first kappa shape index (κ1) is 16.0. The molecule has 26 heavy (non-hydrogen) atoms. The van der Waals surface area contributed by atoms with E-state index < -0.39 is 0 Å². The van der Waals surface area contributed by atoms with Crippen molar-refractivity contribution >= 4 is 11.9 Å². The first-order chi connectivity index (χ1) is 12.5. The van der Waals surface area contributed by atoms with Crippen LogP contribution in [-0.2, 0) is 10.2 Å². The number of ether oxygens (including phenoxy) is 2. The summed E-state index contributed by atoms with van der Waals surface area (Å²) in [6.45, 7) is 4.75. The van der Waals surface area contributed by atoms with E-state index in [2.05, 4.69) is 24.4 Å². The highest BCUT2D eigenvalue weighted by Gasteiger charge is 2.54. The van der Waals surface area contributed by atoms with Gasteiger partial charge in [0, 0.05) is 29.9 Å². The summed E-state index contributed by atoms with van der Waals surface area (Å²) in [5.41, 5.74) is 2.56. The number of fused-ring (bicyclic) bond motifs is 2. The minimum atomic E-state index is -0.366. The number of hydrogen-bond acceptors (Lipinski definition) is 4. The molecule has 3 amide bonds. The van der Waals surface area contributed by atoms with Gasteiger partial charge < -0.3 is 14.8 Å². The topological polar surface area (TPSA) is 67.9 Å². The molecule has 1 aromatic carbocycles. The van der Waals surface area contributed by atoms with Gasteiger partial charge in [-0.1, -0.05) is 13.0 Å². The molecule has 138 valence electrons. The van der Waals surface area contributed by atoms with Crippen molar-refractivity contribution in [1.82, 2.24) is 10.2 Å². The van der Waals surface area contributed by atoms with Crippen LogP contribution in [0.1, 0.15) is 50.2 Å². The number of amides is 3. The van der Waals surface area contributed by atoms with Gasteiger partial charge in [0.05, 0.1) is 6.61 Å². The maximum atomic E-state index is 12.3. The predicted octanol–water partition coefficient (Wildman–Crippen LogP) is 2.66. The Labute approximate surface area is 152 Å². The van der Waals surface area contributed by atoms with E-state index in [9.17, 15) is 9.59 Å². The Morgan fingerprint density at radius 1 is 1.31 bits per heavy atom. The van der Waals surface area contributed by atoms with Gasteiger partial charge in [0.2, 0.25) is 0 Å². The normalized spacial score (nSPS) is 30.7. The first-order valence-electron chi connectivity index (χ1n) is 9.59. The summed E-state index contributed by atoms with van der Waals surface area (Å²) in [7, 11) is 0. The molecule has 4 aliphatic rings. The molecular formula is C20H24N2O4. The van der Waals surface area contributed by atoms with Gasteiger partial charge in [-0.15, -0.1) is 0 Å². The van der Waals surface area contributed by atoms with Gasteiger partial charge in [0.15, 0.2) is 0 Å². The third kappa shape index (κ3) is 2.17. The van der Waals surface area contributed by atoms with Crippen molar-refractivity contribution in [3.05, 3.63) is 23.3 Å². The SMILES string of the molecule is CC[C@H]1NC(=O)N([C@H]2C[C@@H](Oc3ccc(C)c4c3C3(CC3)CO4)C2)C1=O. The smallest absolute Gasteiger partial charge is 0.325 e. The van der Waals surface area contributed by atoms with Gasteiger partial charge >= 0.3 is 6.03 Å². The lowest BCUT2D eigenvalue weighted by Gasteiger charge is -2.39. The lowest BCUT2D eigenvalue weighted by atomic mass is 9.87. The Morgan fingerprint density at radius 2 is 2.08 bits per heavy atom. The Bertz CT molecular complexity index is 795. The van der Waals surface area contributed by atoms with Gasteiger partial charge in [-0.3, -0.25) is 9.69 Å². The fraction of sp³-hybridized carbons (Fsp3) is 0.600. The summed E-state index contributed by atoms with van der Waals surface area (Å²) in [6.07, 6.45) is 4.40. The number of hydrogen-bond donors (Lipinski definition) is 1. The minimum Gasteiger partial charge on any atom is -0.492 e. The largest absolute Gasteiger partial charge is 0.492 e. The molecular weight excluding hydrogens is 332 g/mol. The van der Waals surface area contributed by atoms with Crippen molar-refractivity contribution in [2.45, 2.75) is 69.6 Å². The summed E-state index contributed by atoms with van der Waals surface area (Å²) < 4.78 is 12.2. The molecule has 3 fully saturated rings. The molecule has 6 nitrogen and oxygen atoms in total. The number of carbonyl (C=O) groups is 2. The highest BCUT2D eigenvalue weighted by Crippen LogP contribution is 2.59. The quantitative estimate of drug-likeness (QED) is 0.842. The predicted molar refractivity (Wildman–Crippen MR) is 94.5 cm³/mol. The fourth-order valence-corrected chi connectivity index (χ4v) is 4.48. The Morgan fingerprint density at radius 3 is 2.73 bits per heavy atom. The number of nitrogens with one attached hydrogen (secondary N) is 1. The van der Waals surface area contributed by atoms with Crippen molar-refractivity contribution in [1.29, 1.82) is 0 Å². The second-order valence-corrected chi connectivity index (χ2v) is 8.14. The van der Waals surface area contributed by atoms with E-state index in [1.165, 1.54) is 10.5 Å². The van der Waals surface area contributed by atoms with Crippen LogP contribution >= 0.6 is 0 Å². The highest BCUT2D eigenvalue weighted by molar-refractivity contribution is 6.04. The van der Waals surface area contributed by atoms with E-state index in [0.717, 1.165) is 36.5 Å². The number of aryl methyl sites for hydroxylation is 1. The van der Waals surface area contributed by atoms with Gasteiger partial charge in [-0.25, -0.2) is 4.79 Å². The molecule has 2 aliphatic carbocycles. The molecule has 1 saturated heterocycles. The highest BCUT2D eigenvalue weighted by atomic mass is 16.5. The number of nitrogens with zero attached hydrogens (tertiary/aromatic N) is 1. The molecule has 0 aromatic heterocycles. The van der Waals surface area contributed by atoms with Crippen LogP contribution < -0.4 is 14.8 Å². The lowest BCUT2D eigenvalue weighted by molar-refractivity contribution is -0.131. The number of benzene rings is 1. The first-order valence-corrected chi connectivity index (χ1v) is 9.59. The number of rotatable bonds is 4. The van der Waals surface area contributed by atoms with Crippen LogP contribution in [0.2, 0.25) is 0 Å². The molecule has 0 unspecified atom stereocenters. The van der Waals surface area contributed by atoms with Crippen LogP contribution in [0.25, 0.3) is 0 Å². The van der Waals surface area contributed by atoms with E-state index in [1.807, 2.05) is 6.92 Å². The van der Waals surface area contributed by atoms with Crippen LogP contribution in [-0.4, -0.2) is 41.6 Å². The Kier molecular flexibility index (Phi) is 3.30. The molecule has 2 aliphatic heterocycles. The average Bonchev–Trinajstić information content (AvgIpc) is 3.18. The number of imide groups is 1. The lowest BCUT2D eigenvalue weighted by Crippen LogP contribution is -2.52. The van der Waals surface area contributed by atoms with E-state index in [-0.39, 0.29) is 35.5 Å². The fourth-order valence-electron chi connectivity index (χ4n) is 4.48. The molecule has 2 saturated carbocycles. The van der Waals surface area contributed by atoms with Crippen LogP contribution in [0.4, 0.5) is 4.79 Å². The molecule has 1 atom stereocenters. The zero-order valence-electron chi connectivity index (χ0n) is 15.2. The molecule has 1 aromatic rings. The van der Waals surface area contributed by atoms with Crippen molar-refractivity contribution in [2.24, 2.45) is 0 Å². The van der Waals surface area contributed by atoms with Crippen molar-refractivity contribution < 1.29 is 19.1 Å². The molecule has 1 N–H and O–H groups in total. The summed E-state index contributed by atoms with van der Waals surface area (Å²) in [6, 6.07) is 3.43. The summed E-state index contributed by atoms with van der Waals surface area (Å²) >= 11 is 0. The maximum Gasteiger partial charge on any atom is 0.325 e. The van der Waals surface area contributed by atoms with Crippen LogP contribution in [0.3, 0.4) is 0 Å². The van der Waals surface area contributed by atoms with Crippen molar-refractivity contribution in [3.63, 3.8) is 0 Å². The van der Waals surface area contributed by atoms with Gasteiger partial charge in [0.1, 0.15) is 23.6 Å². The molecule has 5 rings (SSSR count). The standard InChI is InChI=1S/C20H24N2O4/c1-3-14-18(23)22(19(24)21-14)12-8-13(9-12)26-15-5-4-11(2)17-16(15)20(6-7-20)10-25-17/h4-5,12-14H,3,6-10H2,1-2H3,(H,21,24)/t12-,13+,14-/m1/s1. The average molecular weight is 356 g/mol. The van der Waals surface area contributed by atoms with E-state index in [1.54, 1.807) is 0 Å². The molecule has 0 radical (unpaired) electrons. The van der Waals surface area contributed by atoms with Crippen LogP contribution in [0.15, 0.2) is 12.1 Å². The van der Waals surface area contributed by atoms with Gasteiger partial charge in [0.25, 0.3) is 5.91 Å². The molecule has 0 bridgehead atoms. The third-order valence-corrected chi connectivity index (χ3v) is 6.38. The Balaban J connectivity index is 1.29. The van der Waals surface area contributed by atoms with Crippen molar-refractivity contribution in [2.75, 3.05) is 6.61 Å². The van der Waals surface area contributed by atoms with Crippen LogP contribution in [0, 0.1) is 6.92 Å². The van der Waals surface area contributed by atoms with Gasteiger partial charge in [-0.05, 0) is 37.8 Å². The molecule has 1 spiro atoms. The molecule has 6 heteroatoms. The van der Waals surface area contributed by atoms with E-state index >= 15 is 0 Å². The summed E-state index contributed by atoms with van der Waals surface area (Å²) in [4.78, 5) is 25.8. The zero-order valence-corrected chi connectivity index (χ0v) is 15.2. The molecule has 2 heterocycles. The van der Waals surface area contributed by atoms with E-state index in [0.29, 0.717) is 19.3 Å². The third-order valence-electron chi connectivity index (χ3n) is 6.38. The number of urea groups is 1. The second kappa shape index (κ2) is 5.38. The summed E-state index contributed by atoms with van der Waals surface area (Å²) in [5.74, 6) is 1.82. The van der Waals surface area contributed by atoms with Crippen molar-refractivity contribution in [3.8, 4) is 11.5 Å². The summed E-state index contributed by atoms with van der Waals surface area (Å²) in [5, 5.41) is 2.76. The van der Waals surface area contributed by atoms with Crippen LogP contribution in [0.5, 0.6) is 11.5 Å². The number of carbonyl (C=O) groups excluding carboxylic acids is 2. The van der Waals surface area contributed by atoms with E-state index in [4.69, 9.17) is 9.47 Å². The Hall–Kier alpha value is -2.24. The zero-order chi connectivity index (χ0) is 18.1. The monoisotopic (exact) mass is 356 g/mol. The minimum absolute atomic E-state index is 0.0458. The maximum absolute atomic E-state index is 12.3.